The van der Waals surface area contributed by atoms with Crippen molar-refractivity contribution in [3.63, 3.8) is 0 Å². The quantitative estimate of drug-likeness (QED) is 0.146. The number of benzene rings is 1. The maximum absolute atomic E-state index is 8.28. The first kappa shape index (κ1) is 22.2. The second kappa shape index (κ2) is 15.4. The molecule has 1 aromatic carbocycles. The van der Waals surface area contributed by atoms with Crippen molar-refractivity contribution in [2.24, 2.45) is 5.11 Å². The normalized spacial score (nSPS) is 10.7. The molecule has 0 N–H and O–H groups in total. The first-order chi connectivity index (χ1) is 12.8. The van der Waals surface area contributed by atoms with Crippen LogP contribution >= 0.6 is 0 Å². The zero-order valence-electron chi connectivity index (χ0n) is 15.3. The largest absolute Gasteiger partial charge is 0.491 e. The fourth-order valence-corrected chi connectivity index (χ4v) is 1.87. The van der Waals surface area contributed by atoms with Gasteiger partial charge in [0.1, 0.15) is 12.4 Å². The lowest BCUT2D eigenvalue weighted by Gasteiger charge is -2.13. The van der Waals surface area contributed by atoms with E-state index in [0.717, 1.165) is 11.3 Å². The predicted octanol–water partition coefficient (Wildman–Crippen LogP) is 2.54. The summed E-state index contributed by atoms with van der Waals surface area (Å²) in [5.74, 6) is 0.747. The molecule has 0 atom stereocenters. The third-order valence-corrected chi connectivity index (χ3v) is 3.26. The third-order valence-electron chi connectivity index (χ3n) is 3.26. The smallest absolute Gasteiger partial charge is 0.180 e. The Morgan fingerprint density at radius 2 is 1.46 bits per heavy atom. The van der Waals surface area contributed by atoms with Crippen LogP contribution in [0, 0.1) is 0 Å². The molecule has 9 heteroatoms. The standard InChI is InChI=1S/C17H27N3O6/c1-21-17(22-2)14-25-10-9-23-7-8-24-11-12-26-16-5-3-15(4-6-16)13-19-20-18/h3-6,17H,7-14H2,1-2H3. The van der Waals surface area contributed by atoms with Crippen molar-refractivity contribution in [1.82, 2.24) is 0 Å². The van der Waals surface area contributed by atoms with Gasteiger partial charge in [-0.15, -0.1) is 0 Å². The molecule has 0 saturated heterocycles. The number of hydrogen-bond acceptors (Lipinski definition) is 7. The van der Waals surface area contributed by atoms with Gasteiger partial charge in [-0.25, -0.2) is 0 Å². The molecule has 0 aromatic heterocycles. The average Bonchev–Trinajstić information content (AvgIpc) is 2.68. The predicted molar refractivity (Wildman–Crippen MR) is 95.1 cm³/mol. The highest BCUT2D eigenvalue weighted by atomic mass is 16.7. The molecule has 0 spiro atoms. The Bertz CT molecular complexity index is 504. The van der Waals surface area contributed by atoms with Crippen molar-refractivity contribution >= 4 is 0 Å². The molecular formula is C17H27N3O6. The maximum atomic E-state index is 8.28. The summed E-state index contributed by atoms with van der Waals surface area (Å²) < 4.78 is 31.7. The molecule has 9 nitrogen and oxygen atoms in total. The molecule has 0 unspecified atom stereocenters. The highest BCUT2D eigenvalue weighted by Gasteiger charge is 2.03. The summed E-state index contributed by atoms with van der Waals surface area (Å²) in [6.45, 7) is 3.59. The molecule has 0 aliphatic heterocycles. The van der Waals surface area contributed by atoms with E-state index >= 15 is 0 Å². The Morgan fingerprint density at radius 1 is 0.885 bits per heavy atom. The van der Waals surface area contributed by atoms with E-state index in [4.69, 9.17) is 34.0 Å². The van der Waals surface area contributed by atoms with Crippen LogP contribution in [0.3, 0.4) is 0 Å². The number of azide groups is 1. The second-order valence-corrected chi connectivity index (χ2v) is 5.08. The lowest BCUT2D eigenvalue weighted by atomic mass is 10.2. The van der Waals surface area contributed by atoms with Gasteiger partial charge in [-0.05, 0) is 23.2 Å². The van der Waals surface area contributed by atoms with Gasteiger partial charge in [0.05, 0.1) is 46.2 Å². The molecule has 0 saturated carbocycles. The minimum Gasteiger partial charge on any atom is -0.491 e. The van der Waals surface area contributed by atoms with Gasteiger partial charge in [0.15, 0.2) is 6.29 Å². The average molecular weight is 369 g/mol. The molecule has 0 aliphatic carbocycles. The maximum Gasteiger partial charge on any atom is 0.180 e. The Balaban J connectivity index is 1.92. The van der Waals surface area contributed by atoms with Crippen LogP contribution in [-0.2, 0) is 30.2 Å². The third kappa shape index (κ3) is 10.9. The lowest BCUT2D eigenvalue weighted by molar-refractivity contribution is -0.143. The Hall–Kier alpha value is -1.87. The molecule has 1 aromatic rings. The monoisotopic (exact) mass is 369 g/mol. The number of hydrogen-bond donors (Lipinski definition) is 0. The van der Waals surface area contributed by atoms with Gasteiger partial charge in [0, 0.05) is 19.1 Å². The van der Waals surface area contributed by atoms with Gasteiger partial charge in [-0.1, -0.05) is 17.2 Å². The summed E-state index contributed by atoms with van der Waals surface area (Å²) >= 11 is 0. The van der Waals surface area contributed by atoms with Crippen LogP contribution < -0.4 is 4.74 Å². The molecule has 0 fully saturated rings. The molecular weight excluding hydrogens is 342 g/mol. The minimum absolute atomic E-state index is 0.338. The fraction of sp³-hybridized carbons (Fsp3) is 0.647. The van der Waals surface area contributed by atoms with Crippen molar-refractivity contribution < 1.29 is 28.4 Å². The summed E-state index contributed by atoms with van der Waals surface area (Å²) in [7, 11) is 3.13. The number of methoxy groups -OCH3 is 2. The number of rotatable bonds is 16. The van der Waals surface area contributed by atoms with Gasteiger partial charge >= 0.3 is 0 Å². The topological polar surface area (TPSA) is 104 Å². The van der Waals surface area contributed by atoms with E-state index in [9.17, 15) is 0 Å². The van der Waals surface area contributed by atoms with Crippen molar-refractivity contribution in [2.45, 2.75) is 12.8 Å². The number of ether oxygens (including phenoxy) is 6. The van der Waals surface area contributed by atoms with Gasteiger partial charge < -0.3 is 28.4 Å². The van der Waals surface area contributed by atoms with Crippen LogP contribution in [0.2, 0.25) is 0 Å². The summed E-state index contributed by atoms with van der Waals surface area (Å²) in [4.78, 5) is 2.72. The van der Waals surface area contributed by atoms with Crippen LogP contribution in [0.4, 0.5) is 0 Å². The molecule has 0 amide bonds. The highest BCUT2D eigenvalue weighted by molar-refractivity contribution is 5.27. The van der Waals surface area contributed by atoms with E-state index in [2.05, 4.69) is 10.0 Å². The Morgan fingerprint density at radius 3 is 2.04 bits per heavy atom. The van der Waals surface area contributed by atoms with E-state index in [-0.39, 0.29) is 6.29 Å². The molecule has 146 valence electrons. The first-order valence-electron chi connectivity index (χ1n) is 8.31. The Labute approximate surface area is 153 Å². The SMILES string of the molecule is COC(COCCOCCOCCOc1ccc(CN=[N+]=[N-])cc1)OC. The summed E-state index contributed by atoms with van der Waals surface area (Å²) in [5.41, 5.74) is 9.21. The van der Waals surface area contributed by atoms with Crippen molar-refractivity contribution in [2.75, 3.05) is 60.5 Å². The molecule has 0 bridgehead atoms. The molecule has 0 aliphatic rings. The van der Waals surface area contributed by atoms with Crippen LogP contribution in [0.1, 0.15) is 5.56 Å². The van der Waals surface area contributed by atoms with Crippen molar-refractivity contribution in [3.8, 4) is 5.75 Å². The van der Waals surface area contributed by atoms with E-state index in [1.54, 1.807) is 14.2 Å². The van der Waals surface area contributed by atoms with Crippen molar-refractivity contribution in [3.05, 3.63) is 40.3 Å². The highest BCUT2D eigenvalue weighted by Crippen LogP contribution is 2.12. The molecule has 1 rings (SSSR count). The van der Waals surface area contributed by atoms with Crippen LogP contribution in [0.25, 0.3) is 10.4 Å². The second-order valence-electron chi connectivity index (χ2n) is 5.08. The van der Waals surface area contributed by atoms with E-state index in [0.29, 0.717) is 52.8 Å². The van der Waals surface area contributed by atoms with Gasteiger partial charge in [0.25, 0.3) is 0 Å². The van der Waals surface area contributed by atoms with Crippen LogP contribution in [0.15, 0.2) is 29.4 Å². The van der Waals surface area contributed by atoms with E-state index in [1.807, 2.05) is 24.3 Å². The van der Waals surface area contributed by atoms with Crippen LogP contribution in [-0.4, -0.2) is 66.8 Å². The fourth-order valence-electron chi connectivity index (χ4n) is 1.87. The number of nitrogens with zero attached hydrogens (tertiary/aromatic N) is 3. The zero-order chi connectivity index (χ0) is 18.9. The summed E-state index contributed by atoms with van der Waals surface area (Å²) in [6.07, 6.45) is -0.347. The Kier molecular flexibility index (Phi) is 13.1. The minimum atomic E-state index is -0.347. The summed E-state index contributed by atoms with van der Waals surface area (Å²) in [6, 6.07) is 7.40. The first-order valence-corrected chi connectivity index (χ1v) is 8.31. The molecule has 0 radical (unpaired) electrons. The lowest BCUT2D eigenvalue weighted by Crippen LogP contribution is -2.21. The van der Waals surface area contributed by atoms with Gasteiger partial charge in [-0.3, -0.25) is 0 Å². The van der Waals surface area contributed by atoms with Gasteiger partial charge in [-0.2, -0.15) is 0 Å². The van der Waals surface area contributed by atoms with Gasteiger partial charge in [0.2, 0.25) is 0 Å². The van der Waals surface area contributed by atoms with Crippen LogP contribution in [0.5, 0.6) is 5.75 Å². The molecule has 0 heterocycles. The summed E-state index contributed by atoms with van der Waals surface area (Å²) in [5, 5.41) is 3.50. The van der Waals surface area contributed by atoms with E-state index < -0.39 is 0 Å². The zero-order valence-corrected chi connectivity index (χ0v) is 15.3. The van der Waals surface area contributed by atoms with E-state index in [1.165, 1.54) is 0 Å². The van der Waals surface area contributed by atoms with Crippen molar-refractivity contribution in [1.29, 1.82) is 0 Å². The molecule has 26 heavy (non-hydrogen) atoms.